The number of carbonyl (C=O) groups is 1. The molecular formula is C22H26N4O2. The second kappa shape index (κ2) is 8.17. The first-order valence-corrected chi connectivity index (χ1v) is 9.29. The van der Waals surface area contributed by atoms with Gasteiger partial charge in [-0.1, -0.05) is 48.5 Å². The van der Waals surface area contributed by atoms with E-state index in [1.807, 2.05) is 74.6 Å². The van der Waals surface area contributed by atoms with Gasteiger partial charge in [0.15, 0.2) is 0 Å². The van der Waals surface area contributed by atoms with Crippen molar-refractivity contribution in [3.05, 3.63) is 82.3 Å². The molecule has 0 radical (unpaired) electrons. The Labute approximate surface area is 165 Å². The summed E-state index contributed by atoms with van der Waals surface area (Å²) in [5.74, 6) is -0.0715. The fourth-order valence-electron chi connectivity index (χ4n) is 3.28. The Kier molecular flexibility index (Phi) is 5.68. The third-order valence-electron chi connectivity index (χ3n) is 4.92. The van der Waals surface area contributed by atoms with Gasteiger partial charge in [-0.2, -0.15) is 0 Å². The van der Waals surface area contributed by atoms with Crippen molar-refractivity contribution < 1.29 is 4.79 Å². The van der Waals surface area contributed by atoms with E-state index in [4.69, 9.17) is 0 Å². The number of benzene rings is 2. The van der Waals surface area contributed by atoms with Gasteiger partial charge in [0.2, 0.25) is 5.91 Å². The smallest absolute Gasteiger partial charge is 0.295 e. The van der Waals surface area contributed by atoms with E-state index >= 15 is 0 Å². The summed E-state index contributed by atoms with van der Waals surface area (Å²) < 4.78 is 3.40. The minimum atomic E-state index is -0.522. The zero-order valence-electron chi connectivity index (χ0n) is 16.7. The molecule has 6 heteroatoms. The molecule has 0 spiro atoms. The van der Waals surface area contributed by atoms with Gasteiger partial charge in [0.05, 0.1) is 11.4 Å². The number of carbonyl (C=O) groups excluding carboxylic acids is 1. The molecule has 1 unspecified atom stereocenters. The second-order valence-electron chi connectivity index (χ2n) is 6.98. The molecule has 6 nitrogen and oxygen atoms in total. The maximum Gasteiger partial charge on any atom is 0.295 e. The number of aromatic nitrogens is 2. The van der Waals surface area contributed by atoms with E-state index in [1.165, 1.54) is 0 Å². The van der Waals surface area contributed by atoms with Gasteiger partial charge in [-0.15, -0.1) is 0 Å². The molecule has 0 fully saturated rings. The van der Waals surface area contributed by atoms with E-state index in [9.17, 15) is 9.59 Å². The minimum absolute atomic E-state index is 0.0715. The van der Waals surface area contributed by atoms with Crippen molar-refractivity contribution >= 4 is 11.6 Å². The monoisotopic (exact) mass is 378 g/mol. The van der Waals surface area contributed by atoms with Gasteiger partial charge in [0.1, 0.15) is 11.7 Å². The highest BCUT2D eigenvalue weighted by Gasteiger charge is 2.22. The fourth-order valence-corrected chi connectivity index (χ4v) is 3.28. The molecule has 3 aromatic rings. The quantitative estimate of drug-likeness (QED) is 0.717. The molecule has 146 valence electrons. The van der Waals surface area contributed by atoms with Gasteiger partial charge < -0.3 is 10.2 Å². The number of rotatable bonds is 6. The first kappa shape index (κ1) is 19.5. The summed E-state index contributed by atoms with van der Waals surface area (Å²) >= 11 is 0. The summed E-state index contributed by atoms with van der Waals surface area (Å²) in [6.45, 7) is 4.17. The Hall–Kier alpha value is -3.28. The first-order valence-electron chi connectivity index (χ1n) is 9.29. The number of likely N-dealkylation sites (N-methyl/N-ethyl adjacent to an activating group) is 1. The molecule has 1 N–H and O–H groups in total. The van der Waals surface area contributed by atoms with Gasteiger partial charge in [0, 0.05) is 20.6 Å². The molecule has 0 saturated carbocycles. The van der Waals surface area contributed by atoms with Gasteiger partial charge in [-0.25, -0.2) is 4.68 Å². The number of amides is 1. The van der Waals surface area contributed by atoms with E-state index in [1.54, 1.807) is 28.2 Å². The number of nitrogens with zero attached hydrogens (tertiary/aromatic N) is 3. The molecule has 0 aliphatic rings. The molecule has 1 atom stereocenters. The van der Waals surface area contributed by atoms with Crippen LogP contribution in [0.15, 0.2) is 65.5 Å². The fraction of sp³-hybridized carbons (Fsp3) is 0.273. The normalized spacial score (nSPS) is 11.9. The second-order valence-corrected chi connectivity index (χ2v) is 6.98. The van der Waals surface area contributed by atoms with Crippen molar-refractivity contribution in [2.75, 3.05) is 12.4 Å². The predicted octanol–water partition coefficient (Wildman–Crippen LogP) is 2.94. The zero-order valence-corrected chi connectivity index (χ0v) is 16.7. The summed E-state index contributed by atoms with van der Waals surface area (Å²) in [7, 11) is 3.61. The average Bonchev–Trinajstić information content (AvgIpc) is 2.92. The molecule has 1 heterocycles. The molecule has 0 saturated heterocycles. The van der Waals surface area contributed by atoms with Crippen LogP contribution in [0, 0.1) is 6.92 Å². The van der Waals surface area contributed by atoms with Crippen LogP contribution in [0.4, 0.5) is 5.69 Å². The van der Waals surface area contributed by atoms with Crippen LogP contribution in [0.25, 0.3) is 5.69 Å². The summed E-state index contributed by atoms with van der Waals surface area (Å²) in [6.07, 6.45) is 0. The summed E-state index contributed by atoms with van der Waals surface area (Å²) in [5, 5.41) is 3.13. The van der Waals surface area contributed by atoms with Crippen LogP contribution in [0.5, 0.6) is 0 Å². The number of hydrogen-bond acceptors (Lipinski definition) is 3. The van der Waals surface area contributed by atoms with Crippen LogP contribution in [0.3, 0.4) is 0 Å². The van der Waals surface area contributed by atoms with Crippen LogP contribution in [0.1, 0.15) is 18.2 Å². The molecule has 28 heavy (non-hydrogen) atoms. The first-order chi connectivity index (χ1) is 13.4. The van der Waals surface area contributed by atoms with E-state index < -0.39 is 6.04 Å². The highest BCUT2D eigenvalue weighted by molar-refractivity contribution is 5.84. The third kappa shape index (κ3) is 3.86. The topological polar surface area (TPSA) is 59.3 Å². The Morgan fingerprint density at radius 1 is 1.07 bits per heavy atom. The van der Waals surface area contributed by atoms with Gasteiger partial charge in [-0.05, 0) is 31.5 Å². The molecule has 1 aromatic heterocycles. The van der Waals surface area contributed by atoms with Crippen molar-refractivity contribution in [2.24, 2.45) is 7.05 Å². The number of para-hydroxylation sites is 1. The van der Waals surface area contributed by atoms with E-state index in [2.05, 4.69) is 5.32 Å². The van der Waals surface area contributed by atoms with Crippen molar-refractivity contribution in [2.45, 2.75) is 26.4 Å². The lowest BCUT2D eigenvalue weighted by Gasteiger charge is -2.22. The molecule has 3 rings (SSSR count). The van der Waals surface area contributed by atoms with Crippen molar-refractivity contribution in [3.63, 3.8) is 0 Å². The largest absolute Gasteiger partial charge is 0.368 e. The number of anilines is 1. The lowest BCUT2D eigenvalue weighted by Crippen LogP contribution is -2.39. The third-order valence-corrected chi connectivity index (χ3v) is 4.92. The van der Waals surface area contributed by atoms with Gasteiger partial charge in [0.25, 0.3) is 5.56 Å². The summed E-state index contributed by atoms with van der Waals surface area (Å²) in [6, 6.07) is 18.8. The lowest BCUT2D eigenvalue weighted by molar-refractivity contribution is -0.130. The molecule has 0 aliphatic carbocycles. The molecule has 2 aromatic carbocycles. The zero-order chi connectivity index (χ0) is 20.3. The molecular weight excluding hydrogens is 352 g/mol. The number of hydrogen-bond donors (Lipinski definition) is 1. The molecule has 1 amide bonds. The Morgan fingerprint density at radius 2 is 1.64 bits per heavy atom. The van der Waals surface area contributed by atoms with Gasteiger partial charge >= 0.3 is 0 Å². The van der Waals surface area contributed by atoms with E-state index in [-0.39, 0.29) is 11.5 Å². The van der Waals surface area contributed by atoms with Crippen LogP contribution < -0.4 is 10.9 Å². The summed E-state index contributed by atoms with van der Waals surface area (Å²) in [5.41, 5.74) is 2.90. The standard InChI is InChI=1S/C22H26N4O2/c1-16(21(27)24(3)15-18-11-7-5-8-12-18)23-20-17(2)25(4)26(22(20)28)19-13-9-6-10-14-19/h5-14,16,23H,15H2,1-4H3. The van der Waals surface area contributed by atoms with Crippen LogP contribution in [-0.4, -0.2) is 33.3 Å². The predicted molar refractivity (Wildman–Crippen MR) is 112 cm³/mol. The SMILES string of the molecule is Cc1c(NC(C)C(=O)N(C)Cc2ccccc2)c(=O)n(-c2ccccc2)n1C. The Morgan fingerprint density at radius 3 is 2.25 bits per heavy atom. The molecule has 0 bridgehead atoms. The van der Waals surface area contributed by atoms with E-state index in [0.717, 1.165) is 16.9 Å². The van der Waals surface area contributed by atoms with Crippen LogP contribution >= 0.6 is 0 Å². The van der Waals surface area contributed by atoms with Crippen molar-refractivity contribution in [1.29, 1.82) is 0 Å². The molecule has 0 aliphatic heterocycles. The van der Waals surface area contributed by atoms with Crippen molar-refractivity contribution in [1.82, 2.24) is 14.3 Å². The van der Waals surface area contributed by atoms with Gasteiger partial charge in [-0.3, -0.25) is 14.3 Å². The van der Waals surface area contributed by atoms with Crippen molar-refractivity contribution in [3.8, 4) is 5.69 Å². The lowest BCUT2D eigenvalue weighted by atomic mass is 10.2. The maximum atomic E-state index is 13.0. The van der Waals surface area contributed by atoms with Crippen LogP contribution in [0.2, 0.25) is 0 Å². The maximum absolute atomic E-state index is 13.0. The minimum Gasteiger partial charge on any atom is -0.368 e. The van der Waals surface area contributed by atoms with Crippen LogP contribution in [-0.2, 0) is 18.4 Å². The van der Waals surface area contributed by atoms with E-state index in [0.29, 0.717) is 12.2 Å². The Bertz CT molecular complexity index is 1010. The highest BCUT2D eigenvalue weighted by Crippen LogP contribution is 2.15. The average molecular weight is 378 g/mol. The summed E-state index contributed by atoms with van der Waals surface area (Å²) in [4.78, 5) is 27.4. The Balaban J connectivity index is 1.80. The number of nitrogens with one attached hydrogen (secondary N) is 1. The highest BCUT2D eigenvalue weighted by atomic mass is 16.2.